The molecule has 1 aliphatic heterocycles. The average Bonchev–Trinajstić information content (AvgIpc) is 2.84. The highest BCUT2D eigenvalue weighted by Gasteiger charge is 2.28. The first-order valence-electron chi connectivity index (χ1n) is 8.59. The summed E-state index contributed by atoms with van der Waals surface area (Å²) in [4.78, 5) is 26.9. The minimum atomic E-state index is -0.578. The van der Waals surface area contributed by atoms with Gasteiger partial charge in [0.15, 0.2) is 0 Å². The molecule has 0 saturated carbocycles. The van der Waals surface area contributed by atoms with Gasteiger partial charge in [-0.15, -0.1) is 0 Å². The Bertz CT molecular complexity index is 874. The van der Waals surface area contributed by atoms with Gasteiger partial charge in [0.25, 0.3) is 0 Å². The number of benzene rings is 1. The lowest BCUT2D eigenvalue weighted by Gasteiger charge is -2.27. The van der Waals surface area contributed by atoms with E-state index in [1.807, 2.05) is 49.6 Å². The lowest BCUT2D eigenvalue weighted by atomic mass is 10.1. The quantitative estimate of drug-likeness (QED) is 0.822. The summed E-state index contributed by atoms with van der Waals surface area (Å²) in [6, 6.07) is 7.77. The standard InChI is InChI=1S/C20H24N2O4/c1-20(2,3)26-19(24)21-11-7-10-17(23)18-15(12-21)14-8-5-6-9-16(14)22(18)13-25-4/h5-10H,11-13H2,1-4H3/b10-7-. The van der Waals surface area contributed by atoms with Crippen molar-refractivity contribution < 1.29 is 19.1 Å². The van der Waals surface area contributed by atoms with E-state index in [2.05, 4.69) is 0 Å². The summed E-state index contributed by atoms with van der Waals surface area (Å²) in [5.74, 6) is -0.0860. The van der Waals surface area contributed by atoms with Gasteiger partial charge in [-0.1, -0.05) is 24.3 Å². The van der Waals surface area contributed by atoms with Gasteiger partial charge in [0.05, 0.1) is 17.8 Å². The second kappa shape index (κ2) is 6.96. The Morgan fingerprint density at radius 2 is 1.96 bits per heavy atom. The van der Waals surface area contributed by atoms with Crippen LogP contribution in [-0.4, -0.2) is 40.6 Å². The van der Waals surface area contributed by atoms with Crippen molar-refractivity contribution in [1.29, 1.82) is 0 Å². The van der Waals surface area contributed by atoms with Crippen LogP contribution in [0.2, 0.25) is 0 Å². The highest BCUT2D eigenvalue weighted by atomic mass is 16.6. The van der Waals surface area contributed by atoms with Crippen LogP contribution in [0.4, 0.5) is 4.79 Å². The van der Waals surface area contributed by atoms with E-state index in [1.165, 1.54) is 6.08 Å². The maximum Gasteiger partial charge on any atom is 0.410 e. The number of carbonyl (C=O) groups is 2. The van der Waals surface area contributed by atoms with E-state index in [-0.39, 0.29) is 12.5 Å². The number of para-hydroxylation sites is 1. The first-order chi connectivity index (χ1) is 12.3. The van der Waals surface area contributed by atoms with Crippen LogP contribution in [0.15, 0.2) is 36.4 Å². The lowest BCUT2D eigenvalue weighted by molar-refractivity contribution is 0.0255. The van der Waals surface area contributed by atoms with E-state index in [9.17, 15) is 9.59 Å². The summed E-state index contributed by atoms with van der Waals surface area (Å²) in [5.41, 5.74) is 1.70. The van der Waals surface area contributed by atoms with Crippen LogP contribution in [0.25, 0.3) is 10.9 Å². The molecule has 1 amide bonds. The lowest BCUT2D eigenvalue weighted by Crippen LogP contribution is -2.37. The van der Waals surface area contributed by atoms with Gasteiger partial charge in [-0.2, -0.15) is 0 Å². The number of fused-ring (bicyclic) bond motifs is 3. The van der Waals surface area contributed by atoms with Crippen molar-refractivity contribution in [2.45, 2.75) is 39.6 Å². The second-order valence-electron chi connectivity index (χ2n) is 7.32. The second-order valence-corrected chi connectivity index (χ2v) is 7.32. The highest BCUT2D eigenvalue weighted by Crippen LogP contribution is 2.30. The number of carbonyl (C=O) groups excluding carboxylic acids is 2. The molecule has 0 saturated heterocycles. The van der Waals surface area contributed by atoms with Crippen LogP contribution < -0.4 is 0 Å². The summed E-state index contributed by atoms with van der Waals surface area (Å²) < 4.78 is 12.7. The Labute approximate surface area is 153 Å². The molecule has 0 N–H and O–H groups in total. The van der Waals surface area contributed by atoms with Crippen LogP contribution in [-0.2, 0) is 22.7 Å². The molecule has 0 atom stereocenters. The molecule has 1 aromatic carbocycles. The fourth-order valence-corrected chi connectivity index (χ4v) is 3.17. The number of hydrogen-bond acceptors (Lipinski definition) is 4. The van der Waals surface area contributed by atoms with E-state index in [0.29, 0.717) is 18.8 Å². The molecule has 2 heterocycles. The third-order valence-corrected chi connectivity index (χ3v) is 4.16. The Morgan fingerprint density at radius 3 is 2.65 bits per heavy atom. The van der Waals surface area contributed by atoms with Crippen molar-refractivity contribution in [3.05, 3.63) is 47.7 Å². The van der Waals surface area contributed by atoms with Crippen LogP contribution >= 0.6 is 0 Å². The first-order valence-corrected chi connectivity index (χ1v) is 8.59. The van der Waals surface area contributed by atoms with Gasteiger partial charge in [0, 0.05) is 24.6 Å². The third kappa shape index (κ3) is 3.51. The number of aromatic nitrogens is 1. The number of ether oxygens (including phenoxy) is 2. The fourth-order valence-electron chi connectivity index (χ4n) is 3.17. The molecule has 26 heavy (non-hydrogen) atoms. The van der Waals surface area contributed by atoms with E-state index < -0.39 is 11.7 Å². The van der Waals surface area contributed by atoms with E-state index in [0.717, 1.165) is 16.5 Å². The van der Waals surface area contributed by atoms with Crippen LogP contribution in [0.1, 0.15) is 36.8 Å². The molecule has 0 spiro atoms. The Morgan fingerprint density at radius 1 is 1.23 bits per heavy atom. The first kappa shape index (κ1) is 18.2. The third-order valence-electron chi connectivity index (χ3n) is 4.16. The van der Waals surface area contributed by atoms with Crippen molar-refractivity contribution >= 4 is 22.8 Å². The van der Waals surface area contributed by atoms with Gasteiger partial charge in [0.1, 0.15) is 12.3 Å². The molecule has 0 bridgehead atoms. The summed E-state index contributed by atoms with van der Waals surface area (Å²) in [5, 5.41) is 0.941. The van der Waals surface area contributed by atoms with Crippen molar-refractivity contribution in [1.82, 2.24) is 9.47 Å². The molecule has 0 aliphatic carbocycles. The highest BCUT2D eigenvalue weighted by molar-refractivity contribution is 6.09. The van der Waals surface area contributed by atoms with Crippen molar-refractivity contribution in [2.24, 2.45) is 0 Å². The maximum absolute atomic E-state index is 12.7. The number of allylic oxidation sites excluding steroid dienone is 1. The molecule has 2 aromatic rings. The predicted octanol–water partition coefficient (Wildman–Crippen LogP) is 3.73. The zero-order valence-electron chi connectivity index (χ0n) is 15.6. The Kier molecular flexibility index (Phi) is 4.87. The molecule has 1 aromatic heterocycles. The molecule has 0 unspecified atom stereocenters. The fraction of sp³-hybridized carbons (Fsp3) is 0.400. The number of rotatable bonds is 2. The SMILES string of the molecule is COCn1c2c(c3ccccc31)CN(C(=O)OC(C)(C)C)C/C=C\C2=O. The number of nitrogens with zero attached hydrogens (tertiary/aromatic N) is 2. The molecule has 0 fully saturated rings. The van der Waals surface area contributed by atoms with Gasteiger partial charge >= 0.3 is 6.09 Å². The minimum absolute atomic E-state index is 0.0860. The van der Waals surface area contributed by atoms with Gasteiger partial charge in [-0.25, -0.2) is 4.79 Å². The van der Waals surface area contributed by atoms with Crippen molar-refractivity contribution in [3.8, 4) is 0 Å². The Balaban J connectivity index is 2.10. The molecular weight excluding hydrogens is 332 g/mol. The van der Waals surface area contributed by atoms with Crippen LogP contribution in [0.5, 0.6) is 0 Å². The van der Waals surface area contributed by atoms with E-state index in [4.69, 9.17) is 9.47 Å². The molecule has 6 nitrogen and oxygen atoms in total. The van der Waals surface area contributed by atoms with Crippen molar-refractivity contribution in [2.75, 3.05) is 13.7 Å². The monoisotopic (exact) mass is 356 g/mol. The van der Waals surface area contributed by atoms with Gasteiger partial charge in [0.2, 0.25) is 5.78 Å². The predicted molar refractivity (Wildman–Crippen MR) is 99.1 cm³/mol. The van der Waals surface area contributed by atoms with Crippen LogP contribution in [0.3, 0.4) is 0 Å². The van der Waals surface area contributed by atoms with E-state index >= 15 is 0 Å². The largest absolute Gasteiger partial charge is 0.444 e. The van der Waals surface area contributed by atoms with Gasteiger partial charge in [-0.3, -0.25) is 4.79 Å². The molecule has 0 radical (unpaired) electrons. The molecule has 138 valence electrons. The number of hydrogen-bond donors (Lipinski definition) is 0. The summed E-state index contributed by atoms with van der Waals surface area (Å²) in [6.45, 7) is 6.40. The molecule has 6 heteroatoms. The summed E-state index contributed by atoms with van der Waals surface area (Å²) >= 11 is 0. The Hall–Kier alpha value is -2.60. The topological polar surface area (TPSA) is 60.8 Å². The van der Waals surface area contributed by atoms with E-state index in [1.54, 1.807) is 18.1 Å². The zero-order valence-corrected chi connectivity index (χ0v) is 15.6. The molecule has 3 rings (SSSR count). The van der Waals surface area contributed by atoms with Crippen LogP contribution in [0, 0.1) is 0 Å². The maximum atomic E-state index is 12.7. The zero-order chi connectivity index (χ0) is 18.9. The summed E-state index contributed by atoms with van der Waals surface area (Å²) in [7, 11) is 1.59. The number of methoxy groups -OCH3 is 1. The van der Waals surface area contributed by atoms with Crippen molar-refractivity contribution in [3.63, 3.8) is 0 Å². The smallest absolute Gasteiger partial charge is 0.410 e. The van der Waals surface area contributed by atoms with Gasteiger partial charge < -0.3 is 18.9 Å². The molecular formula is C20H24N2O4. The number of amides is 1. The molecule has 1 aliphatic rings. The van der Waals surface area contributed by atoms with Gasteiger partial charge in [-0.05, 0) is 32.9 Å². The minimum Gasteiger partial charge on any atom is -0.444 e. The summed E-state index contributed by atoms with van der Waals surface area (Å²) in [6.07, 6.45) is 2.82. The normalized spacial score (nSPS) is 16.2. The number of ketones is 1. The average molecular weight is 356 g/mol.